The number of amides is 1. The highest BCUT2D eigenvalue weighted by molar-refractivity contribution is 7.99. The summed E-state index contributed by atoms with van der Waals surface area (Å²) in [5.41, 5.74) is 2.99. The number of thiophene rings is 1. The van der Waals surface area contributed by atoms with E-state index >= 15 is 0 Å². The fourth-order valence-electron chi connectivity index (χ4n) is 3.47. The first kappa shape index (κ1) is 21.8. The van der Waals surface area contributed by atoms with E-state index < -0.39 is 0 Å². The van der Waals surface area contributed by atoms with Gasteiger partial charge in [-0.05, 0) is 48.2 Å². The van der Waals surface area contributed by atoms with Crippen LogP contribution in [0, 0.1) is 0 Å². The molecule has 1 amide bonds. The minimum atomic E-state index is -0.0674. The number of nitrogens with one attached hydrogen (secondary N) is 1. The molecule has 0 aliphatic heterocycles. The molecule has 5 aromatic rings. The number of nitrogens with zero attached hydrogens (tertiary/aromatic N) is 4. The summed E-state index contributed by atoms with van der Waals surface area (Å²) in [5, 5.41) is 15.4. The van der Waals surface area contributed by atoms with E-state index in [9.17, 15) is 4.79 Å². The number of para-hydroxylation sites is 1. The summed E-state index contributed by atoms with van der Waals surface area (Å²) in [4.78, 5) is 18.3. The third-order valence-electron chi connectivity index (χ3n) is 5.04. The Hall–Kier alpha value is -3.01. The lowest BCUT2D eigenvalue weighted by molar-refractivity contribution is -0.113. The van der Waals surface area contributed by atoms with Crippen molar-refractivity contribution in [2.45, 2.75) is 25.0 Å². The maximum atomic E-state index is 12.5. The predicted molar refractivity (Wildman–Crippen MR) is 137 cm³/mol. The van der Waals surface area contributed by atoms with Crippen LogP contribution in [0.25, 0.3) is 20.9 Å². The molecule has 0 saturated carbocycles. The van der Waals surface area contributed by atoms with Gasteiger partial charge in [0.1, 0.15) is 0 Å². The first-order chi connectivity index (χ1) is 16.2. The molecular weight excluding hydrogens is 470 g/mol. The Bertz CT molecular complexity index is 1340. The smallest absolute Gasteiger partial charge is 0.234 e. The molecule has 0 aliphatic rings. The summed E-state index contributed by atoms with van der Waals surface area (Å²) in [5.74, 6) is 1.05. The molecular formula is C24H21N5OS3. The highest BCUT2D eigenvalue weighted by atomic mass is 32.2. The van der Waals surface area contributed by atoms with Crippen molar-refractivity contribution >= 4 is 56.2 Å². The van der Waals surface area contributed by atoms with Crippen molar-refractivity contribution in [3.8, 4) is 10.7 Å². The molecule has 0 radical (unpaired) electrons. The largest absolute Gasteiger partial charge is 0.325 e. The van der Waals surface area contributed by atoms with E-state index in [4.69, 9.17) is 4.98 Å². The number of hydrogen-bond donors (Lipinski definition) is 1. The van der Waals surface area contributed by atoms with Gasteiger partial charge in [0.2, 0.25) is 5.91 Å². The minimum absolute atomic E-state index is 0.0674. The second-order valence-corrected chi connectivity index (χ2v) is 10.3. The van der Waals surface area contributed by atoms with Crippen LogP contribution in [-0.4, -0.2) is 31.4 Å². The number of thiazole rings is 1. The Morgan fingerprint density at radius 3 is 2.67 bits per heavy atom. The molecule has 9 heteroatoms. The Morgan fingerprint density at radius 1 is 1.06 bits per heavy atom. The predicted octanol–water partition coefficient (Wildman–Crippen LogP) is 5.96. The monoisotopic (exact) mass is 491 g/mol. The minimum Gasteiger partial charge on any atom is -0.325 e. The average molecular weight is 492 g/mol. The van der Waals surface area contributed by atoms with E-state index in [1.807, 2.05) is 64.5 Å². The van der Waals surface area contributed by atoms with Crippen LogP contribution in [0.1, 0.15) is 17.5 Å². The Labute approximate surface area is 203 Å². The molecule has 33 heavy (non-hydrogen) atoms. The zero-order valence-corrected chi connectivity index (χ0v) is 20.3. The van der Waals surface area contributed by atoms with Crippen LogP contribution in [0.5, 0.6) is 0 Å². The van der Waals surface area contributed by atoms with Gasteiger partial charge in [0, 0.05) is 18.7 Å². The third-order valence-corrected chi connectivity index (χ3v) is 7.91. The van der Waals surface area contributed by atoms with Gasteiger partial charge in [-0.3, -0.25) is 4.79 Å². The first-order valence-electron chi connectivity index (χ1n) is 10.5. The fraction of sp³-hybridized carbons (Fsp3) is 0.167. The van der Waals surface area contributed by atoms with Crippen LogP contribution in [-0.2, 0) is 17.8 Å². The van der Waals surface area contributed by atoms with Crippen LogP contribution in [0.15, 0.2) is 71.2 Å². The normalized spacial score (nSPS) is 11.2. The van der Waals surface area contributed by atoms with Crippen LogP contribution in [0.2, 0.25) is 0 Å². The maximum absolute atomic E-state index is 12.5. The molecule has 5 rings (SSSR count). The van der Waals surface area contributed by atoms with Crippen LogP contribution in [0.3, 0.4) is 0 Å². The molecule has 3 heterocycles. The molecule has 6 nitrogen and oxygen atoms in total. The molecule has 166 valence electrons. The van der Waals surface area contributed by atoms with Crippen molar-refractivity contribution in [1.82, 2.24) is 19.7 Å². The second-order valence-electron chi connectivity index (χ2n) is 7.31. The molecule has 0 atom stereocenters. The zero-order chi connectivity index (χ0) is 22.6. The Balaban J connectivity index is 1.17. The van der Waals surface area contributed by atoms with Crippen molar-refractivity contribution in [3.05, 3.63) is 76.6 Å². The summed E-state index contributed by atoms with van der Waals surface area (Å²) in [6, 6.07) is 20.2. The molecule has 3 aromatic heterocycles. The van der Waals surface area contributed by atoms with Crippen molar-refractivity contribution in [3.63, 3.8) is 0 Å². The molecule has 0 spiro atoms. The summed E-state index contributed by atoms with van der Waals surface area (Å²) in [6.45, 7) is 2.81. The number of hydrogen-bond acceptors (Lipinski definition) is 7. The van der Waals surface area contributed by atoms with Gasteiger partial charge in [0.15, 0.2) is 11.0 Å². The molecule has 0 unspecified atom stereocenters. The summed E-state index contributed by atoms with van der Waals surface area (Å²) >= 11 is 4.75. The number of aromatic nitrogens is 4. The van der Waals surface area contributed by atoms with E-state index in [1.54, 1.807) is 22.7 Å². The maximum Gasteiger partial charge on any atom is 0.234 e. The summed E-state index contributed by atoms with van der Waals surface area (Å²) < 4.78 is 3.25. The quantitative estimate of drug-likeness (QED) is 0.271. The van der Waals surface area contributed by atoms with Crippen LogP contribution < -0.4 is 5.32 Å². The molecule has 0 bridgehead atoms. The second kappa shape index (κ2) is 9.86. The number of carbonyl (C=O) groups is 1. The lowest BCUT2D eigenvalue weighted by Gasteiger charge is -2.07. The molecule has 1 N–H and O–H groups in total. The number of carbonyl (C=O) groups excluding carboxylic acids is 1. The van der Waals surface area contributed by atoms with Crippen molar-refractivity contribution in [1.29, 1.82) is 0 Å². The van der Waals surface area contributed by atoms with Gasteiger partial charge in [0.25, 0.3) is 0 Å². The number of thioether (sulfide) groups is 1. The van der Waals surface area contributed by atoms with Crippen molar-refractivity contribution < 1.29 is 4.79 Å². The first-order valence-corrected chi connectivity index (χ1v) is 13.2. The van der Waals surface area contributed by atoms with E-state index in [-0.39, 0.29) is 11.7 Å². The van der Waals surface area contributed by atoms with Gasteiger partial charge in [0.05, 0.1) is 25.9 Å². The number of rotatable bonds is 8. The van der Waals surface area contributed by atoms with Crippen LogP contribution >= 0.6 is 34.4 Å². The lowest BCUT2D eigenvalue weighted by Crippen LogP contribution is -2.14. The zero-order valence-electron chi connectivity index (χ0n) is 17.9. The van der Waals surface area contributed by atoms with Gasteiger partial charge in [-0.1, -0.05) is 42.1 Å². The highest BCUT2D eigenvalue weighted by Crippen LogP contribution is 2.27. The van der Waals surface area contributed by atoms with Crippen molar-refractivity contribution in [2.24, 2.45) is 0 Å². The van der Waals surface area contributed by atoms with Gasteiger partial charge >= 0.3 is 0 Å². The average Bonchev–Trinajstić information content (AvgIpc) is 3.57. The molecule has 0 aliphatic carbocycles. The highest BCUT2D eigenvalue weighted by Gasteiger charge is 2.15. The van der Waals surface area contributed by atoms with Gasteiger partial charge in [-0.2, -0.15) is 0 Å². The molecule has 2 aromatic carbocycles. The molecule has 0 fully saturated rings. The standard InChI is InChI=1S/C24H21N5OS3/c1-2-29-23(20-8-5-13-31-20)27-28-24(29)32-15-21(30)25-17-11-9-16(10-12-17)14-22-26-18-6-3-4-7-19(18)33-22/h3-13H,2,14-15H2,1H3,(H,25,30). The van der Waals surface area contributed by atoms with Gasteiger partial charge in [-0.15, -0.1) is 32.9 Å². The third kappa shape index (κ3) is 5.00. The number of benzene rings is 2. The van der Waals surface area contributed by atoms with Crippen LogP contribution in [0.4, 0.5) is 5.69 Å². The SMILES string of the molecule is CCn1c(SCC(=O)Nc2ccc(Cc3nc4ccccc4s3)cc2)nnc1-c1cccs1. The van der Waals surface area contributed by atoms with Crippen molar-refractivity contribution in [2.75, 3.05) is 11.1 Å². The van der Waals surface area contributed by atoms with E-state index in [2.05, 4.69) is 28.5 Å². The number of fused-ring (bicyclic) bond motifs is 1. The lowest BCUT2D eigenvalue weighted by atomic mass is 10.1. The fourth-order valence-corrected chi connectivity index (χ4v) is 5.99. The molecule has 0 saturated heterocycles. The summed E-state index contributed by atoms with van der Waals surface area (Å²) in [6.07, 6.45) is 0.780. The van der Waals surface area contributed by atoms with E-state index in [1.165, 1.54) is 22.0 Å². The summed E-state index contributed by atoms with van der Waals surface area (Å²) in [7, 11) is 0. The topological polar surface area (TPSA) is 72.7 Å². The van der Waals surface area contributed by atoms with E-state index in [0.29, 0.717) is 0 Å². The van der Waals surface area contributed by atoms with Gasteiger partial charge in [-0.25, -0.2) is 4.98 Å². The Kier molecular flexibility index (Phi) is 6.52. The Morgan fingerprint density at radius 2 is 1.91 bits per heavy atom. The van der Waals surface area contributed by atoms with Gasteiger partial charge < -0.3 is 9.88 Å². The van der Waals surface area contributed by atoms with E-state index in [0.717, 1.165) is 45.0 Å². The number of anilines is 1.